The second kappa shape index (κ2) is 7.56. The van der Waals surface area contributed by atoms with Gasteiger partial charge < -0.3 is 15.4 Å². The molecule has 2 aliphatic heterocycles. The summed E-state index contributed by atoms with van der Waals surface area (Å²) in [5.41, 5.74) is 5.36. The second-order valence-electron chi connectivity index (χ2n) is 5.95. The lowest BCUT2D eigenvalue weighted by Crippen LogP contribution is -2.47. The summed E-state index contributed by atoms with van der Waals surface area (Å²) in [5.74, 6) is -1.40. The largest absolute Gasteiger partial charge is 0.379 e. The van der Waals surface area contributed by atoms with Crippen LogP contribution in [0.5, 0.6) is 0 Å². The molecule has 1 atom stereocenters. The molecule has 2 saturated heterocycles. The minimum absolute atomic E-state index is 0.0233. The van der Waals surface area contributed by atoms with E-state index in [1.807, 2.05) is 4.90 Å². The maximum atomic E-state index is 12.5. The standard InChI is InChI=1S/C13H24N4O5S/c1-23(20,21)17-3-2-16(8-11(9-17)13(14)19)12(18)10-15-4-6-22-7-5-15/h11H,2-10H2,1H3,(H2,14,19)/t11-/m0/s1. The van der Waals surface area contributed by atoms with Crippen molar-refractivity contribution in [3.63, 3.8) is 0 Å². The van der Waals surface area contributed by atoms with E-state index in [0.29, 0.717) is 26.3 Å². The topological polar surface area (TPSA) is 113 Å². The summed E-state index contributed by atoms with van der Waals surface area (Å²) in [5, 5.41) is 0. The number of hydrogen-bond donors (Lipinski definition) is 1. The van der Waals surface area contributed by atoms with Crippen LogP contribution >= 0.6 is 0 Å². The van der Waals surface area contributed by atoms with E-state index in [-0.39, 0.29) is 38.6 Å². The first kappa shape index (κ1) is 18.1. The van der Waals surface area contributed by atoms with Gasteiger partial charge >= 0.3 is 0 Å². The molecule has 0 aromatic heterocycles. The molecule has 0 spiro atoms. The summed E-state index contributed by atoms with van der Waals surface area (Å²) in [6.45, 7) is 3.44. The number of primary amides is 1. The van der Waals surface area contributed by atoms with Crippen LogP contribution in [0, 0.1) is 5.92 Å². The van der Waals surface area contributed by atoms with Crippen LogP contribution in [0.15, 0.2) is 0 Å². The zero-order valence-corrected chi connectivity index (χ0v) is 14.1. The number of nitrogens with zero attached hydrogens (tertiary/aromatic N) is 3. The van der Waals surface area contributed by atoms with Crippen LogP contribution in [-0.2, 0) is 24.3 Å². The predicted molar refractivity (Wildman–Crippen MR) is 82.9 cm³/mol. The predicted octanol–water partition coefficient (Wildman–Crippen LogP) is -2.48. The van der Waals surface area contributed by atoms with Crippen molar-refractivity contribution in [1.29, 1.82) is 0 Å². The Bertz CT molecular complexity index is 547. The molecule has 0 radical (unpaired) electrons. The van der Waals surface area contributed by atoms with Gasteiger partial charge in [0, 0.05) is 39.3 Å². The van der Waals surface area contributed by atoms with Crippen LogP contribution in [0.3, 0.4) is 0 Å². The molecular weight excluding hydrogens is 324 g/mol. The van der Waals surface area contributed by atoms with E-state index in [1.165, 1.54) is 9.21 Å². The fourth-order valence-corrected chi connectivity index (χ4v) is 3.61. The van der Waals surface area contributed by atoms with Gasteiger partial charge in [-0.15, -0.1) is 0 Å². The number of rotatable bonds is 4. The van der Waals surface area contributed by atoms with Crippen molar-refractivity contribution >= 4 is 21.8 Å². The number of amides is 2. The average molecular weight is 348 g/mol. The molecule has 2 aliphatic rings. The molecular formula is C13H24N4O5S. The van der Waals surface area contributed by atoms with E-state index in [1.54, 1.807) is 0 Å². The van der Waals surface area contributed by atoms with Crippen molar-refractivity contribution in [1.82, 2.24) is 14.1 Å². The number of ether oxygens (including phenoxy) is 1. The quantitative estimate of drug-likeness (QED) is 0.602. The molecule has 10 heteroatoms. The van der Waals surface area contributed by atoms with Crippen LogP contribution < -0.4 is 5.73 Å². The molecule has 2 N–H and O–H groups in total. The average Bonchev–Trinajstić information content (AvgIpc) is 2.71. The minimum Gasteiger partial charge on any atom is -0.379 e. The van der Waals surface area contributed by atoms with Gasteiger partial charge in [0.15, 0.2) is 0 Å². The Labute approximate surface area is 136 Å². The van der Waals surface area contributed by atoms with Crippen LogP contribution in [0.4, 0.5) is 0 Å². The van der Waals surface area contributed by atoms with Gasteiger partial charge in [-0.1, -0.05) is 0 Å². The highest BCUT2D eigenvalue weighted by molar-refractivity contribution is 7.88. The summed E-state index contributed by atoms with van der Waals surface area (Å²) in [7, 11) is -3.43. The van der Waals surface area contributed by atoms with Gasteiger partial charge in [-0.3, -0.25) is 14.5 Å². The van der Waals surface area contributed by atoms with E-state index in [9.17, 15) is 18.0 Å². The molecule has 2 heterocycles. The first-order valence-electron chi connectivity index (χ1n) is 7.59. The smallest absolute Gasteiger partial charge is 0.236 e. The van der Waals surface area contributed by atoms with Gasteiger partial charge in [-0.2, -0.15) is 4.31 Å². The lowest BCUT2D eigenvalue weighted by Gasteiger charge is -2.29. The van der Waals surface area contributed by atoms with E-state index in [4.69, 9.17) is 10.5 Å². The monoisotopic (exact) mass is 348 g/mol. The summed E-state index contributed by atoms with van der Waals surface area (Å²) in [6, 6.07) is 0. The first-order chi connectivity index (χ1) is 10.8. The normalized spacial score (nSPS) is 25.1. The summed E-state index contributed by atoms with van der Waals surface area (Å²) in [6.07, 6.45) is 1.09. The fraction of sp³-hybridized carbons (Fsp3) is 0.846. The van der Waals surface area contributed by atoms with Crippen LogP contribution in [0.2, 0.25) is 0 Å². The number of carbonyl (C=O) groups is 2. The highest BCUT2D eigenvalue weighted by Crippen LogP contribution is 2.13. The number of morpholine rings is 1. The molecule has 9 nitrogen and oxygen atoms in total. The van der Waals surface area contributed by atoms with Crippen molar-refractivity contribution in [2.75, 3.05) is 65.3 Å². The van der Waals surface area contributed by atoms with Crippen molar-refractivity contribution < 1.29 is 22.7 Å². The molecule has 132 valence electrons. The molecule has 0 aromatic rings. The Balaban J connectivity index is 2.03. The van der Waals surface area contributed by atoms with Crippen molar-refractivity contribution in [2.45, 2.75) is 0 Å². The molecule has 2 amide bonds. The fourth-order valence-electron chi connectivity index (χ4n) is 2.74. The lowest BCUT2D eigenvalue weighted by molar-refractivity contribution is -0.134. The maximum Gasteiger partial charge on any atom is 0.236 e. The van der Waals surface area contributed by atoms with Gasteiger partial charge in [-0.05, 0) is 0 Å². The van der Waals surface area contributed by atoms with Crippen LogP contribution in [0.25, 0.3) is 0 Å². The van der Waals surface area contributed by atoms with Crippen molar-refractivity contribution in [3.8, 4) is 0 Å². The third-order valence-corrected chi connectivity index (χ3v) is 5.44. The zero-order chi connectivity index (χ0) is 17.0. The van der Waals surface area contributed by atoms with Crippen LogP contribution in [0.1, 0.15) is 0 Å². The highest BCUT2D eigenvalue weighted by atomic mass is 32.2. The Morgan fingerprint density at radius 1 is 1.13 bits per heavy atom. The number of nitrogens with two attached hydrogens (primary N) is 1. The van der Waals surface area contributed by atoms with E-state index >= 15 is 0 Å². The number of carbonyl (C=O) groups excluding carboxylic acids is 2. The summed E-state index contributed by atoms with van der Waals surface area (Å²) < 4.78 is 30.0. The van der Waals surface area contributed by atoms with Crippen molar-refractivity contribution in [2.24, 2.45) is 11.7 Å². The van der Waals surface area contributed by atoms with Crippen LogP contribution in [-0.4, -0.2) is 99.6 Å². The molecule has 0 aromatic carbocycles. The number of hydrogen-bond acceptors (Lipinski definition) is 6. The molecule has 0 bridgehead atoms. The third-order valence-electron chi connectivity index (χ3n) is 4.17. The molecule has 2 rings (SSSR count). The van der Waals surface area contributed by atoms with Gasteiger partial charge in [-0.25, -0.2) is 8.42 Å². The molecule has 0 unspecified atom stereocenters. The van der Waals surface area contributed by atoms with Gasteiger partial charge in [0.2, 0.25) is 21.8 Å². The summed E-state index contributed by atoms with van der Waals surface area (Å²) >= 11 is 0. The second-order valence-corrected chi connectivity index (χ2v) is 7.93. The zero-order valence-electron chi connectivity index (χ0n) is 13.3. The Hall–Kier alpha value is -1.23. The summed E-state index contributed by atoms with van der Waals surface area (Å²) in [4.78, 5) is 27.6. The maximum absolute atomic E-state index is 12.5. The van der Waals surface area contributed by atoms with E-state index < -0.39 is 21.8 Å². The number of sulfonamides is 1. The first-order valence-corrected chi connectivity index (χ1v) is 9.44. The Kier molecular flexibility index (Phi) is 5.95. The lowest BCUT2D eigenvalue weighted by atomic mass is 10.1. The Morgan fingerprint density at radius 3 is 2.35 bits per heavy atom. The van der Waals surface area contributed by atoms with E-state index in [2.05, 4.69) is 0 Å². The van der Waals surface area contributed by atoms with Crippen molar-refractivity contribution in [3.05, 3.63) is 0 Å². The van der Waals surface area contributed by atoms with Gasteiger partial charge in [0.25, 0.3) is 0 Å². The van der Waals surface area contributed by atoms with Gasteiger partial charge in [0.05, 0.1) is 31.9 Å². The highest BCUT2D eigenvalue weighted by Gasteiger charge is 2.32. The molecule has 0 saturated carbocycles. The van der Waals surface area contributed by atoms with Gasteiger partial charge in [0.1, 0.15) is 0 Å². The molecule has 2 fully saturated rings. The molecule has 0 aliphatic carbocycles. The Morgan fingerprint density at radius 2 is 1.78 bits per heavy atom. The third kappa shape index (κ3) is 5.13. The SMILES string of the molecule is CS(=O)(=O)N1CCN(C(=O)CN2CCOCC2)C[C@H](C(N)=O)C1. The molecule has 23 heavy (non-hydrogen) atoms. The van der Waals surface area contributed by atoms with E-state index in [0.717, 1.165) is 6.26 Å². The minimum atomic E-state index is -3.43.